The van der Waals surface area contributed by atoms with Gasteiger partial charge in [0.2, 0.25) is 0 Å². The van der Waals surface area contributed by atoms with Crippen LogP contribution in [0.5, 0.6) is 0 Å². The van der Waals surface area contributed by atoms with Crippen LogP contribution in [0.3, 0.4) is 0 Å². The molecular formula is C12H16ClN3. The summed E-state index contributed by atoms with van der Waals surface area (Å²) in [5.41, 5.74) is 1.17. The van der Waals surface area contributed by atoms with E-state index in [1.165, 1.54) is 31.2 Å². The van der Waals surface area contributed by atoms with Crippen LogP contribution in [-0.2, 0) is 6.54 Å². The molecule has 2 aliphatic carbocycles. The van der Waals surface area contributed by atoms with E-state index >= 15 is 0 Å². The summed E-state index contributed by atoms with van der Waals surface area (Å²) in [6.07, 6.45) is 7.00. The maximum absolute atomic E-state index is 6.18. The lowest BCUT2D eigenvalue weighted by molar-refractivity contribution is 0.686. The van der Waals surface area contributed by atoms with Crippen LogP contribution in [0.2, 0.25) is 5.02 Å². The summed E-state index contributed by atoms with van der Waals surface area (Å²) in [4.78, 5) is 4.37. The van der Waals surface area contributed by atoms with E-state index in [2.05, 4.69) is 15.6 Å². The minimum Gasteiger partial charge on any atom is -0.366 e. The molecule has 0 unspecified atom stereocenters. The third-order valence-electron chi connectivity index (χ3n) is 2.99. The standard InChI is InChI=1S/C12H16ClN3/c13-11-5-8(6-14-9-1-2-9)7-15-12(11)16-10-3-4-10/h5,7,9-10,14H,1-4,6H2,(H,15,16). The largest absolute Gasteiger partial charge is 0.366 e. The lowest BCUT2D eigenvalue weighted by atomic mass is 10.2. The molecule has 4 heteroatoms. The highest BCUT2D eigenvalue weighted by Crippen LogP contribution is 2.28. The number of halogens is 1. The molecule has 2 saturated carbocycles. The Balaban J connectivity index is 1.62. The fourth-order valence-electron chi connectivity index (χ4n) is 1.65. The molecule has 2 fully saturated rings. The summed E-state index contributed by atoms with van der Waals surface area (Å²) < 4.78 is 0. The van der Waals surface area contributed by atoms with Crippen LogP contribution >= 0.6 is 11.6 Å². The minimum atomic E-state index is 0.598. The molecule has 0 aromatic carbocycles. The average molecular weight is 238 g/mol. The van der Waals surface area contributed by atoms with Crippen molar-refractivity contribution in [1.29, 1.82) is 0 Å². The first-order chi connectivity index (χ1) is 7.81. The smallest absolute Gasteiger partial charge is 0.144 e. The second-order valence-corrected chi connectivity index (χ2v) is 5.15. The van der Waals surface area contributed by atoms with Crippen molar-refractivity contribution in [1.82, 2.24) is 10.3 Å². The summed E-state index contributed by atoms with van der Waals surface area (Å²) in [5, 5.41) is 7.52. The van der Waals surface area contributed by atoms with Gasteiger partial charge in [-0.25, -0.2) is 4.98 Å². The Hall–Kier alpha value is -0.800. The molecular weight excluding hydrogens is 222 g/mol. The summed E-state index contributed by atoms with van der Waals surface area (Å²) in [7, 11) is 0. The van der Waals surface area contributed by atoms with Crippen LogP contribution in [-0.4, -0.2) is 17.1 Å². The molecule has 0 saturated heterocycles. The monoisotopic (exact) mass is 237 g/mol. The second kappa shape index (κ2) is 4.22. The first-order valence-corrected chi connectivity index (χ1v) is 6.33. The highest BCUT2D eigenvalue weighted by molar-refractivity contribution is 6.32. The Bertz CT molecular complexity index is 386. The van der Waals surface area contributed by atoms with Gasteiger partial charge in [0, 0.05) is 24.8 Å². The van der Waals surface area contributed by atoms with Crippen molar-refractivity contribution in [2.75, 3.05) is 5.32 Å². The van der Waals surface area contributed by atoms with Crippen molar-refractivity contribution < 1.29 is 0 Å². The summed E-state index contributed by atoms with van der Waals surface area (Å²) >= 11 is 6.18. The molecule has 2 aliphatic rings. The summed E-state index contributed by atoms with van der Waals surface area (Å²) in [6, 6.07) is 3.33. The number of aromatic nitrogens is 1. The van der Waals surface area contributed by atoms with Crippen LogP contribution in [0.4, 0.5) is 5.82 Å². The first-order valence-electron chi connectivity index (χ1n) is 5.95. The van der Waals surface area contributed by atoms with Gasteiger partial charge in [0.25, 0.3) is 0 Å². The van der Waals surface area contributed by atoms with E-state index in [9.17, 15) is 0 Å². The Labute approximate surface area is 101 Å². The van der Waals surface area contributed by atoms with Crippen molar-refractivity contribution >= 4 is 17.4 Å². The quantitative estimate of drug-likeness (QED) is 0.827. The predicted octanol–water partition coefficient (Wildman–Crippen LogP) is 2.56. The van der Waals surface area contributed by atoms with Gasteiger partial charge in [-0.3, -0.25) is 0 Å². The van der Waals surface area contributed by atoms with E-state index in [1.54, 1.807) is 0 Å². The molecule has 16 heavy (non-hydrogen) atoms. The molecule has 0 atom stereocenters. The SMILES string of the molecule is Clc1cc(CNC2CC2)cnc1NC1CC1. The van der Waals surface area contributed by atoms with Gasteiger partial charge in [0.1, 0.15) is 5.82 Å². The van der Waals surface area contributed by atoms with E-state index in [1.807, 2.05) is 12.3 Å². The Kier molecular flexibility index (Phi) is 2.74. The lowest BCUT2D eigenvalue weighted by Gasteiger charge is -2.08. The van der Waals surface area contributed by atoms with E-state index in [0.29, 0.717) is 6.04 Å². The maximum atomic E-state index is 6.18. The third-order valence-corrected chi connectivity index (χ3v) is 3.28. The third kappa shape index (κ3) is 2.66. The van der Waals surface area contributed by atoms with Crippen LogP contribution in [0.15, 0.2) is 12.3 Å². The van der Waals surface area contributed by atoms with Gasteiger partial charge in [0.15, 0.2) is 0 Å². The number of nitrogens with one attached hydrogen (secondary N) is 2. The lowest BCUT2D eigenvalue weighted by Crippen LogP contribution is -2.15. The second-order valence-electron chi connectivity index (χ2n) is 4.75. The van der Waals surface area contributed by atoms with Crippen molar-refractivity contribution in [3.8, 4) is 0 Å². The van der Waals surface area contributed by atoms with Crippen LogP contribution in [0.25, 0.3) is 0 Å². The number of anilines is 1. The Morgan fingerprint density at radius 2 is 2.00 bits per heavy atom. The molecule has 0 spiro atoms. The molecule has 0 aliphatic heterocycles. The minimum absolute atomic E-state index is 0.598. The van der Waals surface area contributed by atoms with E-state index in [4.69, 9.17) is 11.6 Å². The van der Waals surface area contributed by atoms with Crippen molar-refractivity contribution in [2.45, 2.75) is 44.3 Å². The number of nitrogens with zero attached hydrogens (tertiary/aromatic N) is 1. The van der Waals surface area contributed by atoms with E-state index < -0.39 is 0 Å². The molecule has 0 bridgehead atoms. The molecule has 0 radical (unpaired) electrons. The summed E-state index contributed by atoms with van der Waals surface area (Å²) in [5.74, 6) is 0.833. The maximum Gasteiger partial charge on any atom is 0.144 e. The first kappa shape index (κ1) is 10.4. The van der Waals surface area contributed by atoms with Gasteiger partial charge < -0.3 is 10.6 Å². The van der Waals surface area contributed by atoms with Gasteiger partial charge in [-0.15, -0.1) is 0 Å². The zero-order chi connectivity index (χ0) is 11.0. The molecule has 2 N–H and O–H groups in total. The number of rotatable bonds is 5. The van der Waals surface area contributed by atoms with Gasteiger partial charge in [-0.2, -0.15) is 0 Å². The highest BCUT2D eigenvalue weighted by Gasteiger charge is 2.23. The molecule has 1 aromatic rings. The normalized spacial score (nSPS) is 19.8. The zero-order valence-electron chi connectivity index (χ0n) is 9.17. The highest BCUT2D eigenvalue weighted by atomic mass is 35.5. The molecule has 3 nitrogen and oxygen atoms in total. The molecule has 0 amide bonds. The molecule has 1 aromatic heterocycles. The number of hydrogen-bond acceptors (Lipinski definition) is 3. The van der Waals surface area contributed by atoms with Crippen molar-refractivity contribution in [2.24, 2.45) is 0 Å². The summed E-state index contributed by atoms with van der Waals surface area (Å²) in [6.45, 7) is 0.876. The van der Waals surface area contributed by atoms with Gasteiger partial charge in [-0.1, -0.05) is 11.6 Å². The Morgan fingerprint density at radius 1 is 1.25 bits per heavy atom. The van der Waals surface area contributed by atoms with Crippen LogP contribution in [0, 0.1) is 0 Å². The topological polar surface area (TPSA) is 37.0 Å². The van der Waals surface area contributed by atoms with E-state index in [0.717, 1.165) is 23.4 Å². The predicted molar refractivity (Wildman–Crippen MR) is 65.8 cm³/mol. The zero-order valence-corrected chi connectivity index (χ0v) is 9.93. The Morgan fingerprint density at radius 3 is 2.62 bits per heavy atom. The fourth-order valence-corrected chi connectivity index (χ4v) is 1.89. The average Bonchev–Trinajstić information content (AvgIpc) is 3.13. The molecule has 86 valence electrons. The molecule has 3 rings (SSSR count). The fraction of sp³-hybridized carbons (Fsp3) is 0.583. The van der Waals surface area contributed by atoms with Crippen LogP contribution < -0.4 is 10.6 Å². The van der Waals surface area contributed by atoms with Crippen LogP contribution in [0.1, 0.15) is 31.2 Å². The van der Waals surface area contributed by atoms with Gasteiger partial charge in [-0.05, 0) is 37.3 Å². The number of pyridine rings is 1. The number of hydrogen-bond donors (Lipinski definition) is 2. The van der Waals surface area contributed by atoms with Crippen molar-refractivity contribution in [3.05, 3.63) is 22.8 Å². The van der Waals surface area contributed by atoms with Gasteiger partial charge in [0.05, 0.1) is 5.02 Å². The van der Waals surface area contributed by atoms with E-state index in [-0.39, 0.29) is 0 Å². The van der Waals surface area contributed by atoms with Crippen molar-refractivity contribution in [3.63, 3.8) is 0 Å². The molecule has 1 heterocycles. The van der Waals surface area contributed by atoms with Gasteiger partial charge >= 0.3 is 0 Å².